The van der Waals surface area contributed by atoms with Gasteiger partial charge in [-0.1, -0.05) is 12.1 Å². The van der Waals surface area contributed by atoms with Crippen LogP contribution < -0.4 is 5.32 Å². The molecule has 1 aromatic rings. The number of benzene rings is 1. The maximum Gasteiger partial charge on any atom is 0.410 e. The molecule has 1 spiro atoms. The minimum absolute atomic E-state index is 0.119. The number of hydrogen-bond acceptors (Lipinski definition) is 5. The fourth-order valence-electron chi connectivity index (χ4n) is 4.51. The summed E-state index contributed by atoms with van der Waals surface area (Å²) < 4.78 is 10.3. The Kier molecular flexibility index (Phi) is 5.26. The van der Waals surface area contributed by atoms with Crippen molar-refractivity contribution in [3.8, 4) is 0 Å². The summed E-state index contributed by atoms with van der Waals surface area (Å²) in [5.41, 5.74) is 0.617. The third kappa shape index (κ3) is 4.55. The number of ether oxygens (including phenoxy) is 2. The molecule has 1 aliphatic heterocycles. The molecular formula is C24H32N2O5. The van der Waals surface area contributed by atoms with Crippen LogP contribution in [0.4, 0.5) is 4.79 Å². The van der Waals surface area contributed by atoms with Crippen LogP contribution >= 0.6 is 0 Å². The Labute approximate surface area is 183 Å². The SMILES string of the molecule is COC(=O)c1ccc(C2(NC(=O)[C@H]3CC4(CCN3C(=O)OC(C)(C)C)CC4)CC2)cc1. The van der Waals surface area contributed by atoms with E-state index in [-0.39, 0.29) is 17.3 Å². The van der Waals surface area contributed by atoms with Gasteiger partial charge in [0.1, 0.15) is 11.6 Å². The normalized spacial score (nSPS) is 23.1. The van der Waals surface area contributed by atoms with E-state index >= 15 is 0 Å². The highest BCUT2D eigenvalue weighted by Crippen LogP contribution is 2.55. The molecule has 1 heterocycles. The summed E-state index contributed by atoms with van der Waals surface area (Å²) in [5.74, 6) is -0.503. The van der Waals surface area contributed by atoms with Gasteiger partial charge in [-0.25, -0.2) is 9.59 Å². The Hall–Kier alpha value is -2.57. The number of piperidine rings is 1. The molecule has 1 aromatic carbocycles. The summed E-state index contributed by atoms with van der Waals surface area (Å²) in [7, 11) is 1.35. The summed E-state index contributed by atoms with van der Waals surface area (Å²) in [6, 6.07) is 6.67. The van der Waals surface area contributed by atoms with Gasteiger partial charge in [0, 0.05) is 6.54 Å². The van der Waals surface area contributed by atoms with Crippen LogP contribution in [0.3, 0.4) is 0 Å². The molecular weight excluding hydrogens is 396 g/mol. The van der Waals surface area contributed by atoms with Crippen LogP contribution in [0, 0.1) is 5.41 Å². The molecule has 2 aliphatic carbocycles. The zero-order valence-electron chi connectivity index (χ0n) is 18.8. The van der Waals surface area contributed by atoms with E-state index in [2.05, 4.69) is 5.32 Å². The van der Waals surface area contributed by atoms with Gasteiger partial charge >= 0.3 is 12.1 Å². The van der Waals surface area contributed by atoms with E-state index in [1.807, 2.05) is 32.9 Å². The van der Waals surface area contributed by atoms with Crippen LogP contribution in [0.25, 0.3) is 0 Å². The molecule has 3 fully saturated rings. The largest absolute Gasteiger partial charge is 0.465 e. The number of hydrogen-bond donors (Lipinski definition) is 1. The third-order valence-corrected chi connectivity index (χ3v) is 6.74. The minimum Gasteiger partial charge on any atom is -0.465 e. The predicted octanol–water partition coefficient (Wildman–Crippen LogP) is 3.76. The second kappa shape index (κ2) is 7.53. The molecule has 1 saturated heterocycles. The van der Waals surface area contributed by atoms with Gasteiger partial charge in [0.2, 0.25) is 5.91 Å². The van der Waals surface area contributed by atoms with Crippen molar-refractivity contribution >= 4 is 18.0 Å². The van der Waals surface area contributed by atoms with Crippen LogP contribution in [-0.2, 0) is 19.8 Å². The highest BCUT2D eigenvalue weighted by molar-refractivity contribution is 5.89. The third-order valence-electron chi connectivity index (χ3n) is 6.74. The van der Waals surface area contributed by atoms with Crippen molar-refractivity contribution in [3.05, 3.63) is 35.4 Å². The highest BCUT2D eigenvalue weighted by atomic mass is 16.6. The smallest absolute Gasteiger partial charge is 0.410 e. The summed E-state index contributed by atoms with van der Waals surface area (Å²) >= 11 is 0. The number of carbonyl (C=O) groups excluding carboxylic acids is 3. The summed E-state index contributed by atoms with van der Waals surface area (Å²) in [4.78, 5) is 39.5. The molecule has 1 atom stereocenters. The number of nitrogens with one attached hydrogen (secondary N) is 1. The van der Waals surface area contributed by atoms with Crippen LogP contribution in [0.5, 0.6) is 0 Å². The Morgan fingerprint density at radius 1 is 1.03 bits per heavy atom. The van der Waals surface area contributed by atoms with E-state index in [1.54, 1.807) is 17.0 Å². The molecule has 3 aliphatic rings. The molecule has 31 heavy (non-hydrogen) atoms. The number of likely N-dealkylation sites (tertiary alicyclic amines) is 1. The summed E-state index contributed by atoms with van der Waals surface area (Å²) in [6.07, 6.45) is 5.11. The van der Waals surface area contributed by atoms with Crippen LogP contribution in [-0.4, -0.2) is 48.2 Å². The minimum atomic E-state index is -0.605. The number of methoxy groups -OCH3 is 1. The van der Waals surface area contributed by atoms with Gasteiger partial charge in [-0.2, -0.15) is 0 Å². The predicted molar refractivity (Wildman–Crippen MR) is 114 cm³/mol. The van der Waals surface area contributed by atoms with E-state index in [1.165, 1.54) is 7.11 Å². The average Bonchev–Trinajstić information content (AvgIpc) is 3.65. The Morgan fingerprint density at radius 3 is 2.19 bits per heavy atom. The van der Waals surface area contributed by atoms with E-state index < -0.39 is 23.3 Å². The number of nitrogens with zero attached hydrogens (tertiary/aromatic N) is 1. The van der Waals surface area contributed by atoms with Gasteiger partial charge in [-0.3, -0.25) is 9.69 Å². The van der Waals surface area contributed by atoms with Crippen molar-refractivity contribution in [2.24, 2.45) is 5.41 Å². The number of carbonyl (C=O) groups is 3. The first kappa shape index (κ1) is 21.7. The summed E-state index contributed by atoms with van der Waals surface area (Å²) in [6.45, 7) is 6.06. The maximum atomic E-state index is 13.4. The lowest BCUT2D eigenvalue weighted by molar-refractivity contribution is -0.129. The molecule has 7 heteroatoms. The quantitative estimate of drug-likeness (QED) is 0.738. The van der Waals surface area contributed by atoms with Crippen molar-refractivity contribution in [2.75, 3.05) is 13.7 Å². The molecule has 1 N–H and O–H groups in total. The lowest BCUT2D eigenvalue weighted by Crippen LogP contribution is -2.56. The van der Waals surface area contributed by atoms with Crippen molar-refractivity contribution < 1.29 is 23.9 Å². The van der Waals surface area contributed by atoms with Gasteiger partial charge in [0.15, 0.2) is 0 Å². The number of amides is 2. The van der Waals surface area contributed by atoms with Crippen molar-refractivity contribution in [2.45, 2.75) is 76.5 Å². The van der Waals surface area contributed by atoms with Gasteiger partial charge in [0.05, 0.1) is 18.2 Å². The Bertz CT molecular complexity index is 878. The summed E-state index contributed by atoms with van der Waals surface area (Å²) in [5, 5.41) is 3.22. The molecule has 7 nitrogen and oxygen atoms in total. The van der Waals surface area contributed by atoms with Crippen molar-refractivity contribution in [3.63, 3.8) is 0 Å². The Balaban J connectivity index is 1.49. The fraction of sp³-hybridized carbons (Fsp3) is 0.625. The molecule has 168 valence electrons. The first-order valence-corrected chi connectivity index (χ1v) is 11.1. The first-order chi connectivity index (χ1) is 14.6. The zero-order chi connectivity index (χ0) is 22.4. The van der Waals surface area contributed by atoms with Crippen molar-refractivity contribution in [1.29, 1.82) is 0 Å². The fourth-order valence-corrected chi connectivity index (χ4v) is 4.51. The van der Waals surface area contributed by atoms with Crippen molar-refractivity contribution in [1.82, 2.24) is 10.2 Å². The lowest BCUT2D eigenvalue weighted by atomic mass is 9.87. The molecule has 0 aromatic heterocycles. The monoisotopic (exact) mass is 428 g/mol. The molecule has 2 amide bonds. The van der Waals surface area contributed by atoms with Gasteiger partial charge in [-0.15, -0.1) is 0 Å². The van der Waals surface area contributed by atoms with E-state index in [9.17, 15) is 14.4 Å². The average molecular weight is 429 g/mol. The van der Waals surface area contributed by atoms with E-state index in [0.717, 1.165) is 37.7 Å². The lowest BCUT2D eigenvalue weighted by Gasteiger charge is -2.40. The van der Waals surface area contributed by atoms with E-state index in [4.69, 9.17) is 9.47 Å². The topological polar surface area (TPSA) is 84.9 Å². The molecule has 0 radical (unpaired) electrons. The molecule has 2 saturated carbocycles. The molecule has 4 rings (SSSR count). The Morgan fingerprint density at radius 2 is 1.68 bits per heavy atom. The van der Waals surface area contributed by atoms with E-state index in [0.29, 0.717) is 18.5 Å². The second-order valence-corrected chi connectivity index (χ2v) is 10.3. The maximum absolute atomic E-state index is 13.4. The van der Waals surface area contributed by atoms with Crippen LogP contribution in [0.15, 0.2) is 24.3 Å². The van der Waals surface area contributed by atoms with Crippen LogP contribution in [0.1, 0.15) is 75.2 Å². The standard InChI is InChI=1S/C24H32N2O5/c1-22(2,3)31-21(29)26-14-13-23(9-10-23)15-18(26)19(27)25-24(11-12-24)17-7-5-16(6-8-17)20(28)30-4/h5-8,18H,9-15H2,1-4H3,(H,25,27)/t18-/m1/s1. The number of esters is 1. The zero-order valence-corrected chi connectivity index (χ0v) is 18.8. The molecule has 0 unspecified atom stereocenters. The highest BCUT2D eigenvalue weighted by Gasteiger charge is 2.53. The second-order valence-electron chi connectivity index (χ2n) is 10.3. The molecule has 0 bridgehead atoms. The van der Waals surface area contributed by atoms with Gasteiger partial charge < -0.3 is 14.8 Å². The van der Waals surface area contributed by atoms with Crippen LogP contribution in [0.2, 0.25) is 0 Å². The first-order valence-electron chi connectivity index (χ1n) is 11.1. The number of rotatable bonds is 4. The van der Waals surface area contributed by atoms with Gasteiger partial charge in [-0.05, 0) is 82.4 Å². The van der Waals surface area contributed by atoms with Gasteiger partial charge in [0.25, 0.3) is 0 Å².